The van der Waals surface area contributed by atoms with Crippen LogP contribution < -0.4 is 11.1 Å². The lowest BCUT2D eigenvalue weighted by molar-refractivity contribution is -0.115. The Bertz CT molecular complexity index is 589. The summed E-state index contributed by atoms with van der Waals surface area (Å²) < 4.78 is 0.625. The Hall–Kier alpha value is -1.18. The fourth-order valence-corrected chi connectivity index (χ4v) is 2.28. The molecule has 0 aliphatic rings. The molecule has 0 unspecified atom stereocenters. The van der Waals surface area contributed by atoms with Gasteiger partial charge in [0, 0.05) is 5.38 Å². The van der Waals surface area contributed by atoms with Gasteiger partial charge in [0.05, 0.1) is 28.5 Å². The highest BCUT2D eigenvalue weighted by Crippen LogP contribution is 2.23. The molecule has 2 aromatic rings. The van der Waals surface area contributed by atoms with Crippen LogP contribution in [0.15, 0.2) is 22.1 Å². The highest BCUT2D eigenvalue weighted by molar-refractivity contribution is 9.10. The van der Waals surface area contributed by atoms with E-state index in [1.165, 1.54) is 17.5 Å². The third-order valence-electron chi connectivity index (χ3n) is 1.99. The molecular weight excluding hydrogens is 340 g/mol. The maximum absolute atomic E-state index is 11.7. The van der Waals surface area contributed by atoms with Gasteiger partial charge in [0.25, 0.3) is 0 Å². The maximum atomic E-state index is 11.7. The number of nitrogens with two attached hydrogens (primary N) is 1. The summed E-state index contributed by atoms with van der Waals surface area (Å²) in [5.41, 5.74) is 6.71. The summed E-state index contributed by atoms with van der Waals surface area (Å²) in [5.74, 6) is -0.184. The van der Waals surface area contributed by atoms with Gasteiger partial charge in [0.1, 0.15) is 5.15 Å². The summed E-state index contributed by atoms with van der Waals surface area (Å²) in [4.78, 5) is 19.7. The molecule has 8 heteroatoms. The van der Waals surface area contributed by atoms with Gasteiger partial charge in [-0.15, -0.1) is 11.3 Å². The average molecular weight is 348 g/mol. The zero-order valence-electron chi connectivity index (χ0n) is 8.98. The van der Waals surface area contributed by atoms with Gasteiger partial charge in [-0.3, -0.25) is 4.79 Å². The van der Waals surface area contributed by atoms with Crippen molar-refractivity contribution in [2.24, 2.45) is 0 Å². The van der Waals surface area contributed by atoms with Crippen LogP contribution in [0, 0.1) is 0 Å². The molecule has 2 rings (SSSR count). The third-order valence-corrected chi connectivity index (χ3v) is 3.85. The first kappa shape index (κ1) is 13.3. The Morgan fingerprint density at radius 3 is 3.00 bits per heavy atom. The van der Waals surface area contributed by atoms with Crippen molar-refractivity contribution >= 4 is 55.6 Å². The summed E-state index contributed by atoms with van der Waals surface area (Å²) in [6.45, 7) is 0. The van der Waals surface area contributed by atoms with Crippen LogP contribution in [0.3, 0.4) is 0 Å². The van der Waals surface area contributed by atoms with Crippen LogP contribution in [-0.4, -0.2) is 15.9 Å². The highest BCUT2D eigenvalue weighted by Gasteiger charge is 2.08. The molecule has 18 heavy (non-hydrogen) atoms. The fraction of sp³-hybridized carbons (Fsp3) is 0.100. The van der Waals surface area contributed by atoms with Gasteiger partial charge in [-0.1, -0.05) is 11.6 Å². The minimum atomic E-state index is -0.184. The van der Waals surface area contributed by atoms with Crippen molar-refractivity contribution in [1.82, 2.24) is 9.97 Å². The van der Waals surface area contributed by atoms with E-state index < -0.39 is 0 Å². The SMILES string of the molecule is Nc1nc(CC(=O)Nc2cnc(Cl)c(Br)c2)cs1. The first-order chi connectivity index (χ1) is 8.54. The van der Waals surface area contributed by atoms with Gasteiger partial charge in [-0.05, 0) is 22.0 Å². The van der Waals surface area contributed by atoms with Gasteiger partial charge < -0.3 is 11.1 Å². The number of anilines is 2. The number of nitrogen functional groups attached to an aromatic ring is 1. The monoisotopic (exact) mass is 346 g/mol. The molecule has 2 heterocycles. The summed E-state index contributed by atoms with van der Waals surface area (Å²) in [6.07, 6.45) is 1.66. The number of hydrogen-bond donors (Lipinski definition) is 2. The Balaban J connectivity index is 2.00. The molecule has 0 aliphatic carbocycles. The lowest BCUT2D eigenvalue weighted by Crippen LogP contribution is -2.14. The number of carbonyl (C=O) groups excluding carboxylic acids is 1. The van der Waals surface area contributed by atoms with Crippen molar-refractivity contribution in [1.29, 1.82) is 0 Å². The third kappa shape index (κ3) is 3.41. The first-order valence-corrected chi connectivity index (χ1v) is 6.90. The van der Waals surface area contributed by atoms with E-state index in [1.54, 1.807) is 11.4 Å². The van der Waals surface area contributed by atoms with Crippen LogP contribution in [-0.2, 0) is 11.2 Å². The van der Waals surface area contributed by atoms with Crippen LogP contribution in [0.4, 0.5) is 10.8 Å². The van der Waals surface area contributed by atoms with E-state index in [0.717, 1.165) is 0 Å². The number of nitrogens with zero attached hydrogens (tertiary/aromatic N) is 2. The number of halogens is 2. The largest absolute Gasteiger partial charge is 0.375 e. The Labute approximate surface area is 121 Å². The smallest absolute Gasteiger partial charge is 0.230 e. The molecule has 0 atom stereocenters. The van der Waals surface area contributed by atoms with E-state index in [1.807, 2.05) is 0 Å². The molecule has 1 amide bonds. The summed E-state index contributed by atoms with van der Waals surface area (Å²) in [6, 6.07) is 1.68. The number of nitrogens with one attached hydrogen (secondary N) is 1. The van der Waals surface area contributed by atoms with Crippen molar-refractivity contribution in [3.05, 3.63) is 33.0 Å². The van der Waals surface area contributed by atoms with Crippen molar-refractivity contribution in [3.63, 3.8) is 0 Å². The summed E-state index contributed by atoms with van der Waals surface area (Å²) in [5, 5.41) is 5.26. The van der Waals surface area contributed by atoms with Gasteiger partial charge in [-0.2, -0.15) is 0 Å². The molecule has 2 aromatic heterocycles. The average Bonchev–Trinajstić information content (AvgIpc) is 2.69. The molecule has 0 aromatic carbocycles. The zero-order chi connectivity index (χ0) is 13.1. The quantitative estimate of drug-likeness (QED) is 0.837. The highest BCUT2D eigenvalue weighted by atomic mass is 79.9. The van der Waals surface area contributed by atoms with Crippen molar-refractivity contribution in [3.8, 4) is 0 Å². The topological polar surface area (TPSA) is 80.9 Å². The molecule has 0 saturated heterocycles. The number of rotatable bonds is 3. The fourth-order valence-electron chi connectivity index (χ4n) is 1.26. The lowest BCUT2D eigenvalue weighted by Gasteiger charge is -2.04. The summed E-state index contributed by atoms with van der Waals surface area (Å²) >= 11 is 10.3. The Morgan fingerprint density at radius 1 is 1.61 bits per heavy atom. The maximum Gasteiger partial charge on any atom is 0.230 e. The van der Waals surface area contributed by atoms with Crippen molar-refractivity contribution in [2.75, 3.05) is 11.1 Å². The van der Waals surface area contributed by atoms with Crippen LogP contribution in [0.5, 0.6) is 0 Å². The second-order valence-electron chi connectivity index (χ2n) is 3.40. The van der Waals surface area contributed by atoms with E-state index >= 15 is 0 Å². The van der Waals surface area contributed by atoms with Gasteiger partial charge in [0.15, 0.2) is 5.13 Å². The first-order valence-electron chi connectivity index (χ1n) is 4.85. The standard InChI is InChI=1S/C10H8BrClN4OS/c11-7-1-5(3-14-9(7)12)15-8(17)2-6-4-18-10(13)16-6/h1,3-4H,2H2,(H2,13,16)(H,15,17). The molecule has 0 radical (unpaired) electrons. The number of carbonyl (C=O) groups is 1. The number of hydrogen-bond acceptors (Lipinski definition) is 5. The molecule has 94 valence electrons. The van der Waals surface area contributed by atoms with Crippen LogP contribution in [0.25, 0.3) is 0 Å². The predicted octanol–water partition coefficient (Wildman–Crippen LogP) is 2.72. The van der Waals surface area contributed by atoms with E-state index in [0.29, 0.717) is 26.1 Å². The molecule has 0 bridgehead atoms. The van der Waals surface area contributed by atoms with Crippen LogP contribution >= 0.6 is 38.9 Å². The number of thiazole rings is 1. The van der Waals surface area contributed by atoms with Gasteiger partial charge in [-0.25, -0.2) is 9.97 Å². The van der Waals surface area contributed by atoms with Crippen molar-refractivity contribution in [2.45, 2.75) is 6.42 Å². The Morgan fingerprint density at radius 2 is 2.39 bits per heavy atom. The predicted molar refractivity (Wildman–Crippen MR) is 75.8 cm³/mol. The second kappa shape index (κ2) is 5.64. The molecule has 0 aliphatic heterocycles. The van der Waals surface area contributed by atoms with Gasteiger partial charge in [0.2, 0.25) is 5.91 Å². The molecule has 0 spiro atoms. The molecule has 5 nitrogen and oxygen atoms in total. The van der Waals surface area contributed by atoms with E-state index in [2.05, 4.69) is 31.2 Å². The number of aromatic nitrogens is 2. The normalized spacial score (nSPS) is 10.3. The molecule has 3 N–H and O–H groups in total. The number of amides is 1. The number of pyridine rings is 1. The molecular formula is C10H8BrClN4OS. The Kier molecular flexibility index (Phi) is 4.15. The molecule has 0 saturated carbocycles. The summed E-state index contributed by atoms with van der Waals surface area (Å²) in [7, 11) is 0. The minimum Gasteiger partial charge on any atom is -0.375 e. The van der Waals surface area contributed by atoms with E-state index in [-0.39, 0.29) is 12.3 Å². The second-order valence-corrected chi connectivity index (χ2v) is 5.50. The van der Waals surface area contributed by atoms with E-state index in [9.17, 15) is 4.79 Å². The lowest BCUT2D eigenvalue weighted by atomic mass is 10.3. The van der Waals surface area contributed by atoms with Crippen LogP contribution in [0.1, 0.15) is 5.69 Å². The van der Waals surface area contributed by atoms with Crippen LogP contribution in [0.2, 0.25) is 5.15 Å². The molecule has 0 fully saturated rings. The van der Waals surface area contributed by atoms with E-state index in [4.69, 9.17) is 17.3 Å². The zero-order valence-corrected chi connectivity index (χ0v) is 12.1. The van der Waals surface area contributed by atoms with Gasteiger partial charge >= 0.3 is 0 Å². The minimum absolute atomic E-state index is 0.175. The van der Waals surface area contributed by atoms with Crippen molar-refractivity contribution < 1.29 is 4.79 Å².